The highest BCUT2D eigenvalue weighted by Crippen LogP contribution is 2.22. The van der Waals surface area contributed by atoms with Crippen LogP contribution in [-0.4, -0.2) is 37.4 Å². The molecule has 0 unspecified atom stereocenters. The van der Waals surface area contributed by atoms with Crippen molar-refractivity contribution in [2.45, 2.75) is 65.3 Å². The molecule has 1 saturated heterocycles. The lowest BCUT2D eigenvalue weighted by Crippen LogP contribution is -2.33. The first kappa shape index (κ1) is 24.2. The number of allylic oxidation sites excluding steroid dienone is 3. The first-order valence-corrected chi connectivity index (χ1v) is 11.9. The maximum Gasteiger partial charge on any atom is 0.121 e. The average Bonchev–Trinajstić information content (AvgIpc) is 2.76. The van der Waals surface area contributed by atoms with Crippen molar-refractivity contribution in [2.75, 3.05) is 32.0 Å². The first-order chi connectivity index (χ1) is 14.7. The van der Waals surface area contributed by atoms with Gasteiger partial charge in [0.25, 0.3) is 0 Å². The van der Waals surface area contributed by atoms with Gasteiger partial charge in [-0.1, -0.05) is 44.2 Å². The summed E-state index contributed by atoms with van der Waals surface area (Å²) < 4.78 is 0. The van der Waals surface area contributed by atoms with E-state index in [1.54, 1.807) is 0 Å². The maximum atomic E-state index is 6.25. The second-order valence-corrected chi connectivity index (χ2v) is 8.09. The summed E-state index contributed by atoms with van der Waals surface area (Å²) in [6.45, 7) is 8.30. The zero-order valence-corrected chi connectivity index (χ0v) is 19.4. The van der Waals surface area contributed by atoms with Crippen LogP contribution in [0.1, 0.15) is 64.4 Å². The lowest BCUT2D eigenvalue weighted by Gasteiger charge is -2.31. The van der Waals surface area contributed by atoms with Crippen molar-refractivity contribution < 1.29 is 0 Å². The van der Waals surface area contributed by atoms with E-state index in [9.17, 15) is 0 Å². The van der Waals surface area contributed by atoms with Gasteiger partial charge in [-0.15, -0.1) is 0 Å². The van der Waals surface area contributed by atoms with Crippen LogP contribution in [0.5, 0.6) is 0 Å². The van der Waals surface area contributed by atoms with E-state index in [0.717, 1.165) is 37.7 Å². The summed E-state index contributed by atoms with van der Waals surface area (Å²) in [6.07, 6.45) is 14.9. The van der Waals surface area contributed by atoms with E-state index >= 15 is 0 Å². The Morgan fingerprint density at radius 2 is 1.87 bits per heavy atom. The van der Waals surface area contributed by atoms with Crippen molar-refractivity contribution in [3.8, 4) is 0 Å². The Balaban J connectivity index is 0.00000155. The molecule has 30 heavy (non-hydrogen) atoms. The third kappa shape index (κ3) is 8.35. The third-order valence-electron chi connectivity index (χ3n) is 6.00. The van der Waals surface area contributed by atoms with Gasteiger partial charge in [-0.25, -0.2) is 0 Å². The molecule has 3 rings (SSSR count). The highest BCUT2D eigenvalue weighted by molar-refractivity contribution is 5.97. The number of nitrogens with two attached hydrogens (primary N) is 1. The van der Waals surface area contributed by atoms with Gasteiger partial charge in [-0.2, -0.15) is 0 Å². The van der Waals surface area contributed by atoms with E-state index in [0.29, 0.717) is 0 Å². The van der Waals surface area contributed by atoms with Crippen molar-refractivity contribution in [1.82, 2.24) is 4.90 Å². The van der Waals surface area contributed by atoms with E-state index in [1.807, 2.05) is 20.9 Å². The minimum absolute atomic E-state index is 0.758. The molecule has 1 aliphatic carbocycles. The van der Waals surface area contributed by atoms with Crippen LogP contribution >= 0.6 is 0 Å². The molecule has 3 N–H and O–H groups in total. The standard InChI is InChI=1S/C24H36N4.C2H6/c1-26-23-11-9-21(10-12-23)19-28-17-14-20(15-18-28)13-16-27-24(25)22-7-5-3-2-4-6-8-22;1-2/h3,5,7,9-12,20,26H,2,4,6,8,13-19H2,1H3,(H2,25,27);1-2H3/b5-3-,22-7+;. The van der Waals surface area contributed by atoms with Crippen LogP contribution in [-0.2, 0) is 6.54 Å². The van der Waals surface area contributed by atoms with Gasteiger partial charge in [0, 0.05) is 25.8 Å². The number of nitrogens with one attached hydrogen (secondary N) is 1. The molecule has 1 aliphatic heterocycles. The van der Waals surface area contributed by atoms with E-state index in [4.69, 9.17) is 5.73 Å². The van der Waals surface area contributed by atoms with Crippen LogP contribution in [0.15, 0.2) is 53.1 Å². The third-order valence-corrected chi connectivity index (χ3v) is 6.00. The summed E-state index contributed by atoms with van der Waals surface area (Å²) in [5, 5.41) is 3.18. The number of aliphatic imine (C=N–C) groups is 1. The number of hydrogen-bond donors (Lipinski definition) is 2. The molecule has 1 heterocycles. The van der Waals surface area contributed by atoms with Gasteiger partial charge >= 0.3 is 0 Å². The lowest BCUT2D eigenvalue weighted by molar-refractivity contribution is 0.173. The van der Waals surface area contributed by atoms with Gasteiger partial charge in [0.05, 0.1) is 0 Å². The zero-order chi connectivity index (χ0) is 21.6. The molecule has 0 aromatic heterocycles. The molecular weight excluding hydrogens is 368 g/mol. The van der Waals surface area contributed by atoms with Gasteiger partial charge in [-0.3, -0.25) is 9.89 Å². The first-order valence-electron chi connectivity index (χ1n) is 11.9. The monoisotopic (exact) mass is 410 g/mol. The van der Waals surface area contributed by atoms with Crippen LogP contribution in [0.3, 0.4) is 0 Å². The number of amidine groups is 1. The largest absolute Gasteiger partial charge is 0.388 e. The minimum Gasteiger partial charge on any atom is -0.388 e. The molecule has 0 radical (unpaired) electrons. The Morgan fingerprint density at radius 1 is 1.13 bits per heavy atom. The van der Waals surface area contributed by atoms with E-state index in [-0.39, 0.29) is 0 Å². The van der Waals surface area contributed by atoms with Crippen molar-refractivity contribution >= 4 is 11.5 Å². The highest BCUT2D eigenvalue weighted by atomic mass is 15.1. The molecule has 166 valence electrons. The topological polar surface area (TPSA) is 53.6 Å². The summed E-state index contributed by atoms with van der Waals surface area (Å²) >= 11 is 0. The molecule has 4 nitrogen and oxygen atoms in total. The van der Waals surface area contributed by atoms with Gasteiger partial charge in [-0.05, 0) is 87.2 Å². The van der Waals surface area contributed by atoms with E-state index in [1.165, 1.54) is 62.0 Å². The minimum atomic E-state index is 0.758. The quantitative estimate of drug-likeness (QED) is 0.443. The smallest absolute Gasteiger partial charge is 0.121 e. The second kappa shape index (κ2) is 14.0. The molecule has 1 aromatic rings. The lowest BCUT2D eigenvalue weighted by atomic mass is 9.93. The molecular formula is C26H42N4. The molecule has 0 atom stereocenters. The van der Waals surface area contributed by atoms with Crippen molar-refractivity contribution in [3.05, 3.63) is 53.6 Å². The van der Waals surface area contributed by atoms with Crippen molar-refractivity contribution in [3.63, 3.8) is 0 Å². The molecule has 4 heteroatoms. The van der Waals surface area contributed by atoms with Crippen LogP contribution < -0.4 is 11.1 Å². The number of benzene rings is 1. The SMILES string of the molecule is CC.CNc1ccc(CN2CCC(CCN=C(N)/C3=C/C=C\CCCC3)CC2)cc1. The Hall–Kier alpha value is -2.07. The Morgan fingerprint density at radius 3 is 2.57 bits per heavy atom. The summed E-state index contributed by atoms with van der Waals surface area (Å²) in [5.41, 5.74) is 10.0. The Bertz CT molecular complexity index is 679. The van der Waals surface area contributed by atoms with Crippen molar-refractivity contribution in [1.29, 1.82) is 0 Å². The highest BCUT2D eigenvalue weighted by Gasteiger charge is 2.19. The Kier molecular flexibility index (Phi) is 11.3. The number of piperidine rings is 1. The van der Waals surface area contributed by atoms with Crippen molar-refractivity contribution in [2.24, 2.45) is 16.6 Å². The van der Waals surface area contributed by atoms with E-state index in [2.05, 4.69) is 57.7 Å². The zero-order valence-electron chi connectivity index (χ0n) is 19.4. The Labute approximate surface area is 184 Å². The molecule has 0 bridgehead atoms. The number of likely N-dealkylation sites (tertiary alicyclic amines) is 1. The van der Waals surface area contributed by atoms with Gasteiger partial charge in [0.15, 0.2) is 0 Å². The summed E-state index contributed by atoms with van der Waals surface area (Å²) in [7, 11) is 1.96. The summed E-state index contributed by atoms with van der Waals surface area (Å²) in [4.78, 5) is 7.27. The fraction of sp³-hybridized carbons (Fsp3) is 0.577. The van der Waals surface area contributed by atoms with Crippen LogP contribution in [0.4, 0.5) is 5.69 Å². The van der Waals surface area contributed by atoms with E-state index < -0.39 is 0 Å². The number of hydrogen-bond acceptors (Lipinski definition) is 3. The van der Waals surface area contributed by atoms with Gasteiger partial charge in [0.2, 0.25) is 0 Å². The molecule has 0 amide bonds. The fourth-order valence-electron chi connectivity index (χ4n) is 4.09. The van der Waals surface area contributed by atoms with Gasteiger partial charge in [0.1, 0.15) is 5.84 Å². The van der Waals surface area contributed by atoms with Crippen LogP contribution in [0.2, 0.25) is 0 Å². The number of rotatable bonds is 7. The fourth-order valence-corrected chi connectivity index (χ4v) is 4.09. The molecule has 1 aromatic carbocycles. The van der Waals surface area contributed by atoms with Crippen LogP contribution in [0, 0.1) is 5.92 Å². The average molecular weight is 411 g/mol. The molecule has 0 spiro atoms. The normalized spacial score (nSPS) is 21.4. The maximum absolute atomic E-state index is 6.25. The molecule has 1 fully saturated rings. The molecule has 2 aliphatic rings. The van der Waals surface area contributed by atoms with Gasteiger partial charge < -0.3 is 11.1 Å². The summed E-state index contributed by atoms with van der Waals surface area (Å²) in [5.74, 6) is 1.54. The predicted octanol–water partition coefficient (Wildman–Crippen LogP) is 5.77. The summed E-state index contributed by atoms with van der Waals surface area (Å²) in [6, 6.07) is 8.78. The molecule has 0 saturated carbocycles. The number of anilines is 1. The second-order valence-electron chi connectivity index (χ2n) is 8.09. The predicted molar refractivity (Wildman–Crippen MR) is 132 cm³/mol. The number of nitrogens with zero attached hydrogens (tertiary/aromatic N) is 2. The van der Waals surface area contributed by atoms with Crippen LogP contribution in [0.25, 0.3) is 0 Å².